The summed E-state index contributed by atoms with van der Waals surface area (Å²) >= 11 is 5.91. The minimum absolute atomic E-state index is 0.243. The Morgan fingerprint density at radius 2 is 2.17 bits per heavy atom. The Hall–Kier alpha value is -1.61. The highest BCUT2D eigenvalue weighted by atomic mass is 35.5. The van der Waals surface area contributed by atoms with Crippen molar-refractivity contribution in [2.75, 3.05) is 11.4 Å². The lowest BCUT2D eigenvalue weighted by Gasteiger charge is -2.25. The Morgan fingerprint density at radius 3 is 2.83 bits per heavy atom. The van der Waals surface area contributed by atoms with Crippen LogP contribution in [0.5, 0.6) is 0 Å². The van der Waals surface area contributed by atoms with Crippen molar-refractivity contribution in [3.8, 4) is 0 Å². The molecule has 0 aliphatic carbocycles. The number of aromatic nitrogens is 1. The quantitative estimate of drug-likeness (QED) is 0.773. The van der Waals surface area contributed by atoms with Gasteiger partial charge in [-0.15, -0.1) is 11.6 Å². The Balaban J connectivity index is 2.45. The van der Waals surface area contributed by atoms with Gasteiger partial charge in [0.15, 0.2) is 0 Å². The molecule has 18 heavy (non-hydrogen) atoms. The van der Waals surface area contributed by atoms with Crippen LogP contribution in [0.25, 0.3) is 0 Å². The first-order valence-electron chi connectivity index (χ1n) is 5.78. The van der Waals surface area contributed by atoms with E-state index >= 15 is 0 Å². The largest absolute Gasteiger partial charge is 0.341 e. The van der Waals surface area contributed by atoms with E-state index in [0.29, 0.717) is 5.88 Å². The second-order valence-electron chi connectivity index (χ2n) is 3.86. The average Bonchev–Trinajstić information content (AvgIpc) is 2.40. The summed E-state index contributed by atoms with van der Waals surface area (Å²) in [6, 6.07) is 8.43. The number of hydrogen-bond donors (Lipinski definition) is 0. The fraction of sp³-hybridized carbons (Fsp3) is 0.214. The standard InChI is InChI=1S/C14H14ClFN2/c1-2-18(13-5-3-4-12(16)8-13)14-6-7-17-10-11(14)9-15/h3-8,10H,2,9H2,1H3. The van der Waals surface area contributed by atoms with Gasteiger partial charge in [-0.25, -0.2) is 4.39 Å². The van der Waals surface area contributed by atoms with E-state index in [-0.39, 0.29) is 5.82 Å². The number of anilines is 2. The van der Waals surface area contributed by atoms with Crippen LogP contribution in [-0.4, -0.2) is 11.5 Å². The predicted molar refractivity (Wildman–Crippen MR) is 72.9 cm³/mol. The van der Waals surface area contributed by atoms with E-state index in [4.69, 9.17) is 11.6 Å². The highest BCUT2D eigenvalue weighted by molar-refractivity contribution is 6.17. The van der Waals surface area contributed by atoms with Crippen molar-refractivity contribution >= 4 is 23.0 Å². The number of rotatable bonds is 4. The zero-order chi connectivity index (χ0) is 13.0. The third kappa shape index (κ3) is 2.62. The van der Waals surface area contributed by atoms with Crippen LogP contribution in [0.3, 0.4) is 0 Å². The molecule has 1 heterocycles. The van der Waals surface area contributed by atoms with Crippen molar-refractivity contribution in [1.29, 1.82) is 0 Å². The summed E-state index contributed by atoms with van der Waals surface area (Å²) in [6.07, 6.45) is 3.46. The fourth-order valence-electron chi connectivity index (χ4n) is 1.92. The van der Waals surface area contributed by atoms with E-state index in [9.17, 15) is 4.39 Å². The number of nitrogens with zero attached hydrogens (tertiary/aromatic N) is 2. The number of benzene rings is 1. The molecular formula is C14H14ClFN2. The van der Waals surface area contributed by atoms with Gasteiger partial charge < -0.3 is 4.90 Å². The molecule has 2 nitrogen and oxygen atoms in total. The van der Waals surface area contributed by atoms with E-state index in [1.54, 1.807) is 18.5 Å². The van der Waals surface area contributed by atoms with Crippen LogP contribution in [0.1, 0.15) is 12.5 Å². The Bertz CT molecular complexity index is 531. The summed E-state index contributed by atoms with van der Waals surface area (Å²) in [5.41, 5.74) is 2.72. The molecule has 4 heteroatoms. The normalized spacial score (nSPS) is 10.4. The maximum absolute atomic E-state index is 13.3. The van der Waals surface area contributed by atoms with E-state index in [0.717, 1.165) is 23.5 Å². The first-order valence-corrected chi connectivity index (χ1v) is 6.31. The zero-order valence-corrected chi connectivity index (χ0v) is 10.9. The third-order valence-electron chi connectivity index (χ3n) is 2.75. The number of alkyl halides is 1. The minimum Gasteiger partial charge on any atom is -0.341 e. The third-order valence-corrected chi connectivity index (χ3v) is 3.04. The second kappa shape index (κ2) is 5.83. The average molecular weight is 265 g/mol. The van der Waals surface area contributed by atoms with Gasteiger partial charge >= 0.3 is 0 Å². The maximum atomic E-state index is 13.3. The van der Waals surface area contributed by atoms with Crippen LogP contribution in [-0.2, 0) is 5.88 Å². The van der Waals surface area contributed by atoms with Crippen molar-refractivity contribution in [2.24, 2.45) is 0 Å². The monoisotopic (exact) mass is 264 g/mol. The molecule has 1 aromatic carbocycles. The van der Waals surface area contributed by atoms with E-state index < -0.39 is 0 Å². The zero-order valence-electron chi connectivity index (χ0n) is 10.1. The van der Waals surface area contributed by atoms with E-state index in [2.05, 4.69) is 4.98 Å². The smallest absolute Gasteiger partial charge is 0.125 e. The molecule has 1 aromatic heterocycles. The summed E-state index contributed by atoms with van der Waals surface area (Å²) in [5, 5.41) is 0. The number of pyridine rings is 1. The Morgan fingerprint density at radius 1 is 1.33 bits per heavy atom. The van der Waals surface area contributed by atoms with Gasteiger partial charge in [0.05, 0.1) is 5.88 Å². The van der Waals surface area contributed by atoms with Gasteiger partial charge in [0, 0.05) is 35.9 Å². The number of hydrogen-bond acceptors (Lipinski definition) is 2. The van der Waals surface area contributed by atoms with Crippen molar-refractivity contribution in [3.63, 3.8) is 0 Å². The lowest BCUT2D eigenvalue weighted by Crippen LogP contribution is -2.17. The van der Waals surface area contributed by atoms with Gasteiger partial charge in [0.2, 0.25) is 0 Å². The van der Waals surface area contributed by atoms with Crippen LogP contribution in [0.2, 0.25) is 0 Å². The van der Waals surface area contributed by atoms with Crippen molar-refractivity contribution < 1.29 is 4.39 Å². The molecule has 0 unspecified atom stereocenters. The first-order chi connectivity index (χ1) is 8.76. The SMILES string of the molecule is CCN(c1cccc(F)c1)c1ccncc1CCl. The minimum atomic E-state index is -0.243. The first kappa shape index (κ1) is 12.8. The van der Waals surface area contributed by atoms with E-state index in [1.807, 2.05) is 24.0 Å². The molecule has 0 spiro atoms. The van der Waals surface area contributed by atoms with Crippen LogP contribution in [0, 0.1) is 5.82 Å². The van der Waals surface area contributed by atoms with Crippen molar-refractivity contribution in [3.05, 3.63) is 54.1 Å². The summed E-state index contributed by atoms with van der Waals surface area (Å²) in [6.45, 7) is 2.75. The summed E-state index contributed by atoms with van der Waals surface area (Å²) in [5.74, 6) is 0.141. The molecule has 0 aliphatic rings. The molecule has 0 amide bonds. The van der Waals surface area contributed by atoms with Gasteiger partial charge in [-0.05, 0) is 31.2 Å². The second-order valence-corrected chi connectivity index (χ2v) is 4.13. The highest BCUT2D eigenvalue weighted by Gasteiger charge is 2.11. The van der Waals surface area contributed by atoms with Gasteiger partial charge in [0.25, 0.3) is 0 Å². The van der Waals surface area contributed by atoms with E-state index in [1.165, 1.54) is 12.1 Å². The summed E-state index contributed by atoms with van der Waals surface area (Å²) in [7, 11) is 0. The number of halogens is 2. The van der Waals surface area contributed by atoms with Gasteiger partial charge in [0.1, 0.15) is 5.82 Å². The van der Waals surface area contributed by atoms with Crippen molar-refractivity contribution in [1.82, 2.24) is 4.98 Å². The van der Waals surface area contributed by atoms with Crippen LogP contribution in [0.4, 0.5) is 15.8 Å². The Kier molecular flexibility index (Phi) is 4.15. The van der Waals surface area contributed by atoms with Crippen LogP contribution >= 0.6 is 11.6 Å². The molecule has 2 rings (SSSR count). The summed E-state index contributed by atoms with van der Waals surface area (Å²) < 4.78 is 13.3. The lowest BCUT2D eigenvalue weighted by atomic mass is 10.2. The van der Waals surface area contributed by atoms with Crippen LogP contribution < -0.4 is 4.90 Å². The molecule has 94 valence electrons. The highest BCUT2D eigenvalue weighted by Crippen LogP contribution is 2.28. The lowest BCUT2D eigenvalue weighted by molar-refractivity contribution is 0.627. The molecular weight excluding hydrogens is 251 g/mol. The van der Waals surface area contributed by atoms with Crippen molar-refractivity contribution in [2.45, 2.75) is 12.8 Å². The predicted octanol–water partition coefficient (Wildman–Crippen LogP) is 4.12. The molecule has 2 aromatic rings. The molecule has 0 radical (unpaired) electrons. The molecule has 0 N–H and O–H groups in total. The van der Waals surface area contributed by atoms with Crippen LogP contribution in [0.15, 0.2) is 42.7 Å². The molecule has 0 saturated heterocycles. The molecule has 0 saturated carbocycles. The van der Waals surface area contributed by atoms with Gasteiger partial charge in [-0.2, -0.15) is 0 Å². The Labute approximate surface area is 111 Å². The molecule has 0 bridgehead atoms. The van der Waals surface area contributed by atoms with Gasteiger partial charge in [-0.3, -0.25) is 4.98 Å². The molecule has 0 aliphatic heterocycles. The molecule has 0 fully saturated rings. The topological polar surface area (TPSA) is 16.1 Å². The van der Waals surface area contributed by atoms with Gasteiger partial charge in [-0.1, -0.05) is 6.07 Å². The fourth-order valence-corrected chi connectivity index (χ4v) is 2.13. The maximum Gasteiger partial charge on any atom is 0.125 e. The summed E-state index contributed by atoms with van der Waals surface area (Å²) in [4.78, 5) is 6.08. The molecule has 0 atom stereocenters.